The summed E-state index contributed by atoms with van der Waals surface area (Å²) in [4.78, 5) is 10.2. The van der Waals surface area contributed by atoms with Crippen LogP contribution in [0.5, 0.6) is 0 Å². The number of carboxylic acid groups (broad SMARTS) is 1. The van der Waals surface area contributed by atoms with Crippen LogP contribution in [0.25, 0.3) is 0 Å². The van der Waals surface area contributed by atoms with Crippen LogP contribution >= 0.6 is 0 Å². The van der Waals surface area contributed by atoms with Crippen LogP contribution in [0.15, 0.2) is 24.3 Å². The summed E-state index contributed by atoms with van der Waals surface area (Å²) in [5.41, 5.74) is 7.24. The Kier molecular flexibility index (Phi) is 3.71. The molecule has 1 rings (SSSR count). The minimum atomic E-state index is -0.914. The highest BCUT2D eigenvalue weighted by Gasteiger charge is 1.95. The predicted molar refractivity (Wildman–Crippen MR) is 53.5 cm³/mol. The van der Waals surface area contributed by atoms with Gasteiger partial charge in [-0.2, -0.15) is 0 Å². The Balaban J connectivity index is 2.83. The van der Waals surface area contributed by atoms with Crippen LogP contribution in [0.4, 0.5) is 0 Å². The van der Waals surface area contributed by atoms with E-state index in [4.69, 9.17) is 10.8 Å². The fourth-order valence-corrected chi connectivity index (χ4v) is 1.04. The van der Waals surface area contributed by atoms with E-state index in [-0.39, 0.29) is 6.42 Å². The molecular weight excluding hydrogens is 178 g/mol. The number of hydrogen-bond donors (Lipinski definition) is 2. The van der Waals surface area contributed by atoms with Crippen molar-refractivity contribution in [1.82, 2.24) is 0 Å². The molecule has 0 heterocycles. The lowest BCUT2D eigenvalue weighted by atomic mass is 10.1. The standard InChI is InChI=1S/C11H11NO2/c12-8-10-5-2-1-4-9(10)6-3-7-11(13)14/h1-2,4-5H,7-8,12H2,(H,13,14). The maximum Gasteiger partial charge on any atom is 0.315 e. The summed E-state index contributed by atoms with van der Waals surface area (Å²) in [6, 6.07) is 7.44. The van der Waals surface area contributed by atoms with E-state index < -0.39 is 5.97 Å². The lowest BCUT2D eigenvalue weighted by molar-refractivity contribution is -0.135. The van der Waals surface area contributed by atoms with Crippen molar-refractivity contribution in [2.24, 2.45) is 5.73 Å². The van der Waals surface area contributed by atoms with Crippen LogP contribution in [0, 0.1) is 11.8 Å². The van der Waals surface area contributed by atoms with Gasteiger partial charge in [-0.25, -0.2) is 0 Å². The highest BCUT2D eigenvalue weighted by atomic mass is 16.4. The van der Waals surface area contributed by atoms with E-state index in [2.05, 4.69) is 11.8 Å². The van der Waals surface area contributed by atoms with Crippen molar-refractivity contribution in [2.45, 2.75) is 13.0 Å². The summed E-state index contributed by atoms with van der Waals surface area (Å²) in [5, 5.41) is 8.39. The summed E-state index contributed by atoms with van der Waals surface area (Å²) in [7, 11) is 0. The zero-order chi connectivity index (χ0) is 10.4. The van der Waals surface area contributed by atoms with Crippen LogP contribution in [-0.4, -0.2) is 11.1 Å². The number of aliphatic carboxylic acids is 1. The Morgan fingerprint density at radius 2 is 2.14 bits per heavy atom. The topological polar surface area (TPSA) is 63.3 Å². The van der Waals surface area contributed by atoms with Crippen molar-refractivity contribution in [2.75, 3.05) is 0 Å². The smallest absolute Gasteiger partial charge is 0.315 e. The molecule has 72 valence electrons. The average Bonchev–Trinajstić information content (AvgIpc) is 2.18. The number of carbonyl (C=O) groups is 1. The molecule has 0 aliphatic rings. The second-order valence-corrected chi connectivity index (χ2v) is 2.73. The normalized spacial score (nSPS) is 8.93. The molecule has 3 N–H and O–H groups in total. The molecule has 0 atom stereocenters. The highest BCUT2D eigenvalue weighted by molar-refractivity contribution is 5.70. The van der Waals surface area contributed by atoms with Crippen molar-refractivity contribution in [1.29, 1.82) is 0 Å². The maximum atomic E-state index is 10.2. The van der Waals surface area contributed by atoms with Crippen LogP contribution in [0.1, 0.15) is 17.5 Å². The predicted octanol–water partition coefficient (Wildman–Crippen LogP) is 0.972. The third-order valence-corrected chi connectivity index (χ3v) is 1.70. The van der Waals surface area contributed by atoms with Crippen molar-refractivity contribution in [3.63, 3.8) is 0 Å². The van der Waals surface area contributed by atoms with Gasteiger partial charge in [-0.3, -0.25) is 4.79 Å². The Hall–Kier alpha value is -1.79. The highest BCUT2D eigenvalue weighted by Crippen LogP contribution is 2.05. The maximum absolute atomic E-state index is 10.2. The SMILES string of the molecule is NCc1ccccc1C#CCC(=O)O. The number of nitrogens with two attached hydrogens (primary N) is 1. The molecule has 14 heavy (non-hydrogen) atoms. The number of hydrogen-bond acceptors (Lipinski definition) is 2. The van der Waals surface area contributed by atoms with Crippen LogP contribution in [0.2, 0.25) is 0 Å². The largest absolute Gasteiger partial charge is 0.481 e. The fraction of sp³-hybridized carbons (Fsp3) is 0.182. The van der Waals surface area contributed by atoms with Gasteiger partial charge in [0.05, 0.1) is 0 Å². The Bertz CT molecular complexity index is 388. The summed E-state index contributed by atoms with van der Waals surface area (Å²) < 4.78 is 0. The molecule has 1 aromatic rings. The van der Waals surface area contributed by atoms with E-state index in [0.29, 0.717) is 6.54 Å². The van der Waals surface area contributed by atoms with Crippen molar-refractivity contribution in [3.05, 3.63) is 35.4 Å². The van der Waals surface area contributed by atoms with E-state index >= 15 is 0 Å². The van der Waals surface area contributed by atoms with Gasteiger partial charge in [0, 0.05) is 12.1 Å². The van der Waals surface area contributed by atoms with Gasteiger partial charge >= 0.3 is 5.97 Å². The number of rotatable bonds is 2. The molecule has 0 saturated heterocycles. The van der Waals surface area contributed by atoms with Crippen LogP contribution in [0.3, 0.4) is 0 Å². The zero-order valence-corrected chi connectivity index (χ0v) is 7.66. The molecule has 3 heteroatoms. The second-order valence-electron chi connectivity index (χ2n) is 2.73. The van der Waals surface area contributed by atoms with E-state index in [1.54, 1.807) is 0 Å². The third kappa shape index (κ3) is 2.92. The Labute approximate surface area is 82.6 Å². The molecule has 0 aliphatic carbocycles. The van der Waals surface area contributed by atoms with Crippen molar-refractivity contribution >= 4 is 5.97 Å². The Morgan fingerprint density at radius 3 is 2.79 bits per heavy atom. The molecule has 0 amide bonds. The minimum absolute atomic E-state index is 0.140. The van der Waals surface area contributed by atoms with Crippen LogP contribution in [-0.2, 0) is 11.3 Å². The zero-order valence-electron chi connectivity index (χ0n) is 7.66. The summed E-state index contributed by atoms with van der Waals surface area (Å²) in [6.07, 6.45) is -0.140. The van der Waals surface area contributed by atoms with Gasteiger partial charge in [-0.15, -0.1) is 0 Å². The van der Waals surface area contributed by atoms with Gasteiger partial charge in [-0.05, 0) is 11.6 Å². The van der Waals surface area contributed by atoms with Gasteiger partial charge in [0.25, 0.3) is 0 Å². The second kappa shape index (κ2) is 5.05. The molecule has 0 fully saturated rings. The van der Waals surface area contributed by atoms with E-state index in [1.807, 2.05) is 24.3 Å². The number of carboxylic acids is 1. The molecule has 0 saturated carbocycles. The van der Waals surface area contributed by atoms with Crippen LogP contribution < -0.4 is 5.73 Å². The van der Waals surface area contributed by atoms with Crippen molar-refractivity contribution < 1.29 is 9.90 Å². The molecule has 0 aliphatic heterocycles. The van der Waals surface area contributed by atoms with Gasteiger partial charge in [0.2, 0.25) is 0 Å². The fourth-order valence-electron chi connectivity index (χ4n) is 1.04. The van der Waals surface area contributed by atoms with Gasteiger partial charge in [0.1, 0.15) is 6.42 Å². The van der Waals surface area contributed by atoms with Gasteiger partial charge in [-0.1, -0.05) is 30.0 Å². The first-order chi connectivity index (χ1) is 6.74. The van der Waals surface area contributed by atoms with E-state index in [0.717, 1.165) is 11.1 Å². The molecule has 1 aromatic carbocycles. The quantitative estimate of drug-likeness (QED) is 0.681. The van der Waals surface area contributed by atoms with Gasteiger partial charge < -0.3 is 10.8 Å². The third-order valence-electron chi connectivity index (χ3n) is 1.70. The van der Waals surface area contributed by atoms with E-state index in [9.17, 15) is 4.79 Å². The summed E-state index contributed by atoms with van der Waals surface area (Å²) in [5.74, 6) is 4.44. The van der Waals surface area contributed by atoms with Gasteiger partial charge in [0.15, 0.2) is 0 Å². The monoisotopic (exact) mass is 189 g/mol. The molecular formula is C11H11NO2. The molecule has 0 aromatic heterocycles. The molecule has 0 bridgehead atoms. The first-order valence-corrected chi connectivity index (χ1v) is 4.22. The lowest BCUT2D eigenvalue weighted by Crippen LogP contribution is -1.98. The molecule has 0 spiro atoms. The molecule has 0 unspecified atom stereocenters. The van der Waals surface area contributed by atoms with E-state index in [1.165, 1.54) is 0 Å². The first-order valence-electron chi connectivity index (χ1n) is 4.22. The number of benzene rings is 1. The Morgan fingerprint density at radius 1 is 1.43 bits per heavy atom. The lowest BCUT2D eigenvalue weighted by Gasteiger charge is -1.98. The van der Waals surface area contributed by atoms with Crippen molar-refractivity contribution in [3.8, 4) is 11.8 Å². The average molecular weight is 189 g/mol. The summed E-state index contributed by atoms with van der Waals surface area (Å²) in [6.45, 7) is 0.415. The molecule has 0 radical (unpaired) electrons. The summed E-state index contributed by atoms with van der Waals surface area (Å²) >= 11 is 0. The minimum Gasteiger partial charge on any atom is -0.481 e. The first kappa shape index (κ1) is 10.3. The molecule has 3 nitrogen and oxygen atoms in total.